The van der Waals surface area contributed by atoms with Gasteiger partial charge in [-0.3, -0.25) is 9.36 Å². The van der Waals surface area contributed by atoms with Gasteiger partial charge in [0.25, 0.3) is 5.56 Å². The Bertz CT molecular complexity index is 703. The summed E-state index contributed by atoms with van der Waals surface area (Å²) in [7, 11) is 0. The van der Waals surface area contributed by atoms with Crippen LogP contribution < -0.4 is 5.56 Å². The number of fused-ring (bicyclic) bond motifs is 1. The van der Waals surface area contributed by atoms with E-state index in [-0.39, 0.29) is 5.56 Å². The molecule has 1 fully saturated rings. The average molecular weight is 264 g/mol. The average Bonchev–Trinajstić information content (AvgIpc) is 3.06. The van der Waals surface area contributed by atoms with E-state index in [2.05, 4.69) is 16.9 Å². The van der Waals surface area contributed by atoms with Gasteiger partial charge in [-0.05, 0) is 41.9 Å². The van der Waals surface area contributed by atoms with Gasteiger partial charge in [0.15, 0.2) is 4.77 Å². The van der Waals surface area contributed by atoms with E-state index in [4.69, 9.17) is 12.2 Å². The molecule has 0 spiro atoms. The lowest BCUT2D eigenvalue weighted by atomic mass is 10.1. The zero-order valence-electron chi connectivity index (χ0n) is 9.23. The molecule has 0 bridgehead atoms. The molecule has 88 valence electrons. The molecular formula is C12H12N2OS2. The van der Waals surface area contributed by atoms with Crippen molar-refractivity contribution in [2.75, 3.05) is 0 Å². The van der Waals surface area contributed by atoms with Crippen LogP contribution in [0.3, 0.4) is 0 Å². The number of hydrogen-bond acceptors (Lipinski definition) is 3. The van der Waals surface area contributed by atoms with Crippen LogP contribution in [0.2, 0.25) is 0 Å². The van der Waals surface area contributed by atoms with Gasteiger partial charge in [0.1, 0.15) is 4.83 Å². The first-order valence-corrected chi connectivity index (χ1v) is 6.86. The Morgan fingerprint density at radius 2 is 2.41 bits per heavy atom. The van der Waals surface area contributed by atoms with Crippen molar-refractivity contribution in [3.8, 4) is 0 Å². The Kier molecular flexibility index (Phi) is 2.52. The predicted molar refractivity (Wildman–Crippen MR) is 73.4 cm³/mol. The van der Waals surface area contributed by atoms with E-state index in [9.17, 15) is 4.79 Å². The number of aromatic amines is 1. The van der Waals surface area contributed by atoms with Crippen molar-refractivity contribution < 1.29 is 0 Å². The molecule has 0 saturated heterocycles. The molecule has 2 aromatic rings. The molecule has 0 radical (unpaired) electrons. The van der Waals surface area contributed by atoms with E-state index in [0.717, 1.165) is 10.2 Å². The first-order valence-electron chi connectivity index (χ1n) is 5.57. The van der Waals surface area contributed by atoms with Crippen LogP contribution in [0.15, 0.2) is 22.8 Å². The molecule has 0 aromatic carbocycles. The fourth-order valence-electron chi connectivity index (χ4n) is 2.07. The van der Waals surface area contributed by atoms with Gasteiger partial charge >= 0.3 is 0 Å². The summed E-state index contributed by atoms with van der Waals surface area (Å²) >= 11 is 6.77. The van der Waals surface area contributed by atoms with Gasteiger partial charge in [0, 0.05) is 6.54 Å². The highest BCUT2D eigenvalue weighted by molar-refractivity contribution is 7.71. The molecule has 1 saturated carbocycles. The van der Waals surface area contributed by atoms with E-state index in [0.29, 0.717) is 17.2 Å². The van der Waals surface area contributed by atoms with E-state index in [1.165, 1.54) is 18.4 Å². The van der Waals surface area contributed by atoms with Gasteiger partial charge in [-0.15, -0.1) is 17.9 Å². The Hall–Kier alpha value is -1.20. The quantitative estimate of drug-likeness (QED) is 0.683. The lowest BCUT2D eigenvalue weighted by molar-refractivity contribution is 0.753. The van der Waals surface area contributed by atoms with Crippen molar-refractivity contribution in [3.63, 3.8) is 0 Å². The second-order valence-corrected chi connectivity index (χ2v) is 5.57. The number of H-pyrrole nitrogens is 1. The minimum atomic E-state index is 0.0202. The fourth-order valence-corrected chi connectivity index (χ4v) is 3.42. The van der Waals surface area contributed by atoms with Crippen molar-refractivity contribution >= 4 is 33.8 Å². The minimum absolute atomic E-state index is 0.0202. The van der Waals surface area contributed by atoms with Crippen LogP contribution in [0.5, 0.6) is 0 Å². The highest BCUT2D eigenvalue weighted by Crippen LogP contribution is 2.43. The van der Waals surface area contributed by atoms with Crippen molar-refractivity contribution in [1.82, 2.24) is 9.55 Å². The van der Waals surface area contributed by atoms with Crippen LogP contribution in [-0.2, 0) is 6.54 Å². The van der Waals surface area contributed by atoms with Crippen molar-refractivity contribution in [1.29, 1.82) is 0 Å². The monoisotopic (exact) mass is 264 g/mol. The standard InChI is InChI=1S/C12H12N2OS2/c1-2-5-14-11(15)9-8(7-3-4-7)6-17-10(9)13-12(14)16/h2,6-7H,1,3-5H2,(H,13,16). The summed E-state index contributed by atoms with van der Waals surface area (Å²) in [6.45, 7) is 4.12. The van der Waals surface area contributed by atoms with Gasteiger partial charge in [0.2, 0.25) is 0 Å². The molecule has 2 aromatic heterocycles. The zero-order chi connectivity index (χ0) is 12.0. The third kappa shape index (κ3) is 1.70. The summed E-state index contributed by atoms with van der Waals surface area (Å²) in [5.74, 6) is 0.581. The molecule has 5 heteroatoms. The smallest absolute Gasteiger partial charge is 0.263 e. The lowest BCUT2D eigenvalue weighted by Crippen LogP contribution is -2.21. The largest absolute Gasteiger partial charge is 0.323 e. The molecule has 0 aliphatic heterocycles. The summed E-state index contributed by atoms with van der Waals surface area (Å²) in [6.07, 6.45) is 4.09. The molecule has 17 heavy (non-hydrogen) atoms. The molecular weight excluding hydrogens is 252 g/mol. The number of allylic oxidation sites excluding steroid dienone is 1. The number of hydrogen-bond donors (Lipinski definition) is 1. The number of rotatable bonds is 3. The van der Waals surface area contributed by atoms with Gasteiger partial charge in [-0.25, -0.2) is 0 Å². The van der Waals surface area contributed by atoms with Crippen molar-refractivity contribution in [2.24, 2.45) is 0 Å². The number of thiophene rings is 1. The van der Waals surface area contributed by atoms with E-state index >= 15 is 0 Å². The molecule has 1 aliphatic carbocycles. The van der Waals surface area contributed by atoms with Crippen molar-refractivity contribution in [3.05, 3.63) is 38.7 Å². The lowest BCUT2D eigenvalue weighted by Gasteiger charge is -2.03. The summed E-state index contributed by atoms with van der Waals surface area (Å²) in [6, 6.07) is 0. The second-order valence-electron chi connectivity index (χ2n) is 4.30. The first-order chi connectivity index (χ1) is 8.22. The van der Waals surface area contributed by atoms with Crippen LogP contribution in [0, 0.1) is 4.77 Å². The molecule has 1 aliphatic rings. The fraction of sp³-hybridized carbons (Fsp3) is 0.333. The highest BCUT2D eigenvalue weighted by Gasteiger charge is 2.28. The zero-order valence-corrected chi connectivity index (χ0v) is 10.9. The Balaban J connectivity index is 2.36. The van der Waals surface area contributed by atoms with Crippen LogP contribution >= 0.6 is 23.6 Å². The Morgan fingerprint density at radius 1 is 1.65 bits per heavy atom. The summed E-state index contributed by atoms with van der Waals surface area (Å²) in [5, 5.41) is 2.92. The molecule has 1 N–H and O–H groups in total. The van der Waals surface area contributed by atoms with Gasteiger partial charge in [-0.1, -0.05) is 6.08 Å². The van der Waals surface area contributed by atoms with Gasteiger partial charge < -0.3 is 4.98 Å². The minimum Gasteiger partial charge on any atom is -0.323 e. The number of nitrogens with one attached hydrogen (secondary N) is 1. The third-order valence-electron chi connectivity index (χ3n) is 3.07. The number of nitrogens with zero attached hydrogens (tertiary/aromatic N) is 1. The van der Waals surface area contributed by atoms with Gasteiger partial charge in [0.05, 0.1) is 5.39 Å². The van der Waals surface area contributed by atoms with E-state index in [1.54, 1.807) is 22.0 Å². The molecule has 3 nitrogen and oxygen atoms in total. The molecule has 3 rings (SSSR count). The summed E-state index contributed by atoms with van der Waals surface area (Å²) in [4.78, 5) is 16.4. The van der Waals surface area contributed by atoms with Crippen LogP contribution in [-0.4, -0.2) is 9.55 Å². The Labute approximate surface area is 107 Å². The molecule has 0 atom stereocenters. The van der Waals surface area contributed by atoms with Crippen LogP contribution in [0.4, 0.5) is 0 Å². The maximum absolute atomic E-state index is 12.4. The predicted octanol–water partition coefficient (Wildman–Crippen LogP) is 3.18. The summed E-state index contributed by atoms with van der Waals surface area (Å²) in [5.41, 5.74) is 1.21. The molecule has 0 unspecified atom stereocenters. The second kappa shape index (κ2) is 3.92. The highest BCUT2D eigenvalue weighted by atomic mass is 32.1. The molecule has 2 heterocycles. The van der Waals surface area contributed by atoms with Crippen LogP contribution in [0.25, 0.3) is 10.2 Å². The maximum atomic E-state index is 12.4. The van der Waals surface area contributed by atoms with Gasteiger partial charge in [-0.2, -0.15) is 0 Å². The topological polar surface area (TPSA) is 37.8 Å². The normalized spacial score (nSPS) is 15.3. The maximum Gasteiger partial charge on any atom is 0.263 e. The van der Waals surface area contributed by atoms with Crippen molar-refractivity contribution in [2.45, 2.75) is 25.3 Å². The van der Waals surface area contributed by atoms with E-state index in [1.807, 2.05) is 0 Å². The van der Waals surface area contributed by atoms with Crippen LogP contribution in [0.1, 0.15) is 24.3 Å². The summed E-state index contributed by atoms with van der Waals surface area (Å²) < 4.78 is 2.05. The molecule has 0 amide bonds. The Morgan fingerprint density at radius 3 is 3.06 bits per heavy atom. The first kappa shape index (κ1) is 10.9. The number of aromatic nitrogens is 2. The van der Waals surface area contributed by atoms with E-state index < -0.39 is 0 Å². The third-order valence-corrected chi connectivity index (χ3v) is 4.31. The SMILES string of the molecule is C=CCn1c(=S)[nH]c2scc(C3CC3)c2c1=O.